The van der Waals surface area contributed by atoms with Gasteiger partial charge in [-0.05, 0) is 141 Å². The number of fused-ring (bicyclic) bond motifs is 12. The standard InChI is InChI=1S/C90H62N8/c1-9-25-57(26-10-1)81-67-55-91-89(87(63-37-21-7-22-38-63)79-53-51-77(97-79)85(61-33-17-5-18-34-61)75-49-47-73(95-75)83(59-29-13-3-14-30-59)71-45-43-69(81)93-71)65(67)41-42-66-68-56-92-90(66)88(64-39-23-8-24-40-64)80-54-52-78(98-80)86(62-35-19-6-20-36-62)76-50-48-74(96-76)84(60-31-15-4-16-32-60)72-46-44-70(94-72)82(68)58-27-11-2-12-28-58/h1-40,43-56,65-66,95-96H,41-42H2. The number of aromatic nitrogens is 2. The number of hydrogen-bond acceptors (Lipinski definition) is 6. The van der Waals surface area contributed by atoms with Crippen molar-refractivity contribution in [2.24, 2.45) is 41.8 Å². The van der Waals surface area contributed by atoms with E-state index in [0.29, 0.717) is 12.8 Å². The molecule has 0 fully saturated rings. The zero-order valence-corrected chi connectivity index (χ0v) is 53.4. The summed E-state index contributed by atoms with van der Waals surface area (Å²) in [6.45, 7) is 0. The Hall–Kier alpha value is -12.8. The van der Waals surface area contributed by atoms with Gasteiger partial charge in [-0.25, -0.2) is 20.0 Å². The lowest BCUT2D eigenvalue weighted by Crippen LogP contribution is -2.23. The molecular formula is C90H62N8. The number of hydrogen-bond donors (Lipinski definition) is 2. The van der Waals surface area contributed by atoms with Gasteiger partial charge in [0.25, 0.3) is 0 Å². The number of allylic oxidation sites excluding steroid dienone is 14. The minimum atomic E-state index is -0.295. The first-order valence-electron chi connectivity index (χ1n) is 33.6. The molecule has 0 saturated heterocycles. The molecule has 10 heterocycles. The van der Waals surface area contributed by atoms with Crippen molar-refractivity contribution in [2.45, 2.75) is 12.8 Å². The molecule has 8 nitrogen and oxygen atoms in total. The molecule has 18 rings (SSSR count). The average molecular weight is 1260 g/mol. The van der Waals surface area contributed by atoms with E-state index in [1.54, 1.807) is 0 Å². The summed E-state index contributed by atoms with van der Waals surface area (Å²) < 4.78 is 0. The summed E-state index contributed by atoms with van der Waals surface area (Å²) >= 11 is 0. The van der Waals surface area contributed by atoms with Crippen molar-refractivity contribution >= 4 is 78.9 Å². The van der Waals surface area contributed by atoms with Crippen LogP contribution in [-0.4, -0.2) is 44.2 Å². The molecule has 0 amide bonds. The van der Waals surface area contributed by atoms with Crippen LogP contribution < -0.4 is 21.4 Å². The highest BCUT2D eigenvalue weighted by atomic mass is 14.9. The van der Waals surface area contributed by atoms with E-state index in [2.05, 4.69) is 338 Å². The molecule has 2 atom stereocenters. The first-order chi connectivity index (χ1) is 48.6. The van der Waals surface area contributed by atoms with Gasteiger partial charge in [0.2, 0.25) is 0 Å². The third-order valence-corrected chi connectivity index (χ3v) is 19.5. The highest BCUT2D eigenvalue weighted by Gasteiger charge is 2.39. The van der Waals surface area contributed by atoms with Crippen molar-refractivity contribution in [3.8, 4) is 0 Å². The minimum Gasteiger partial charge on any atom is -0.354 e. The number of aliphatic imine (C=N–C) groups is 6. The molecular weight excluding hydrogens is 1190 g/mol. The second-order valence-corrected chi connectivity index (χ2v) is 25.2. The Morgan fingerprint density at radius 2 is 0.439 bits per heavy atom. The van der Waals surface area contributed by atoms with Gasteiger partial charge in [-0.1, -0.05) is 243 Å². The quantitative estimate of drug-likeness (QED) is 0.129. The second kappa shape index (κ2) is 24.8. The fraction of sp³-hybridized carbons (Fsp3) is 0.0444. The largest absolute Gasteiger partial charge is 0.354 e. The lowest BCUT2D eigenvalue weighted by Gasteiger charge is -2.27. The summed E-state index contributed by atoms with van der Waals surface area (Å²) in [6.07, 6.45) is 23.1. The van der Waals surface area contributed by atoms with E-state index in [-0.39, 0.29) is 11.8 Å². The molecule has 8 aliphatic heterocycles. The molecule has 8 heteroatoms. The predicted molar refractivity (Wildman–Crippen MR) is 403 cm³/mol. The molecule has 0 aliphatic carbocycles. The van der Waals surface area contributed by atoms with E-state index in [0.717, 1.165) is 179 Å². The van der Waals surface area contributed by atoms with Crippen LogP contribution in [0.25, 0.3) is 44.6 Å². The van der Waals surface area contributed by atoms with Crippen LogP contribution in [0.4, 0.5) is 0 Å². The van der Waals surface area contributed by atoms with Crippen LogP contribution in [0.1, 0.15) is 57.3 Å². The van der Waals surface area contributed by atoms with E-state index < -0.39 is 0 Å². The number of nitrogens with zero attached hydrogens (tertiary/aromatic N) is 6. The normalized spacial score (nSPS) is 18.4. The van der Waals surface area contributed by atoms with Gasteiger partial charge < -0.3 is 9.97 Å². The highest BCUT2D eigenvalue weighted by Crippen LogP contribution is 2.49. The van der Waals surface area contributed by atoms with Gasteiger partial charge in [0.1, 0.15) is 0 Å². The molecule has 2 N–H and O–H groups in total. The van der Waals surface area contributed by atoms with E-state index in [4.69, 9.17) is 30.0 Å². The Balaban J connectivity index is 0.883. The summed E-state index contributed by atoms with van der Waals surface area (Å²) in [7, 11) is 0. The third kappa shape index (κ3) is 10.4. The zero-order chi connectivity index (χ0) is 64.9. The second-order valence-electron chi connectivity index (χ2n) is 25.2. The lowest BCUT2D eigenvalue weighted by atomic mass is 9.75. The van der Waals surface area contributed by atoms with Gasteiger partial charge in [-0.3, -0.25) is 9.98 Å². The van der Waals surface area contributed by atoms with Crippen LogP contribution in [-0.2, 0) is 0 Å². The summed E-state index contributed by atoms with van der Waals surface area (Å²) in [5, 5.41) is 3.80. The van der Waals surface area contributed by atoms with Crippen molar-refractivity contribution in [3.63, 3.8) is 0 Å². The predicted octanol–water partition coefficient (Wildman–Crippen LogP) is 16.2. The number of aromatic amines is 2. The molecule has 2 unspecified atom stereocenters. The summed E-state index contributed by atoms with van der Waals surface area (Å²) in [5.74, 6) is -0.590. The van der Waals surface area contributed by atoms with Crippen LogP contribution in [0.3, 0.4) is 0 Å². The molecule has 462 valence electrons. The van der Waals surface area contributed by atoms with Crippen molar-refractivity contribution < 1.29 is 0 Å². The Morgan fingerprint density at radius 3 is 0.684 bits per heavy atom. The molecule has 0 spiro atoms. The number of nitrogens with one attached hydrogen (secondary N) is 2. The van der Waals surface area contributed by atoms with E-state index in [1.807, 2.05) is 0 Å². The summed E-state index contributed by atoms with van der Waals surface area (Å²) in [4.78, 5) is 42.4. The van der Waals surface area contributed by atoms with Gasteiger partial charge in [0.15, 0.2) is 0 Å². The van der Waals surface area contributed by atoms with Gasteiger partial charge in [0.05, 0.1) is 57.1 Å². The van der Waals surface area contributed by atoms with Crippen molar-refractivity contribution in [1.29, 1.82) is 0 Å². The fourth-order valence-electron chi connectivity index (χ4n) is 15.1. The molecule has 98 heavy (non-hydrogen) atoms. The first kappa shape index (κ1) is 57.8. The number of rotatable bonds is 11. The van der Waals surface area contributed by atoms with Gasteiger partial charge >= 0.3 is 0 Å². The SMILES string of the molecule is C1=CC2=C(c3ccccc3)C3=CN=C(C(c4ccccc4)=C4C=CC(=N4)C(c4ccccc4)=c4ccc([nH]4)=C(c4ccccc4)C1=N2)C3CCC1C2=CN=C1C(c1ccccc1)=C1C=CC(=N1)C(c1ccccc1)=c1ccc([nH]1)=C(c1ccccc1)C1=NC(=C2c2ccccc2)C=C1. The minimum absolute atomic E-state index is 0.295. The highest BCUT2D eigenvalue weighted by molar-refractivity contribution is 6.36. The zero-order valence-electron chi connectivity index (χ0n) is 53.4. The van der Waals surface area contributed by atoms with Crippen LogP contribution in [0, 0.1) is 11.8 Å². The van der Waals surface area contributed by atoms with Crippen LogP contribution in [0.15, 0.2) is 392 Å². The molecule has 2 aromatic heterocycles. The third-order valence-electron chi connectivity index (χ3n) is 19.5. The van der Waals surface area contributed by atoms with Gasteiger partial charge in [0, 0.05) is 90.2 Å². The monoisotopic (exact) mass is 1250 g/mol. The fourth-order valence-corrected chi connectivity index (χ4v) is 15.1. The smallest absolute Gasteiger partial charge is 0.0737 e. The molecule has 8 aromatic carbocycles. The van der Waals surface area contributed by atoms with Gasteiger partial charge in [-0.15, -0.1) is 0 Å². The van der Waals surface area contributed by atoms with Crippen LogP contribution in [0.5, 0.6) is 0 Å². The average Bonchev–Trinajstić information content (AvgIpc) is 1.63. The number of benzene rings is 8. The molecule has 8 aliphatic rings. The van der Waals surface area contributed by atoms with Gasteiger partial charge in [-0.2, -0.15) is 0 Å². The summed E-state index contributed by atoms with van der Waals surface area (Å²) in [6, 6.07) is 94.2. The van der Waals surface area contributed by atoms with Crippen LogP contribution in [0.2, 0.25) is 0 Å². The maximum Gasteiger partial charge on any atom is 0.0737 e. The van der Waals surface area contributed by atoms with Crippen LogP contribution >= 0.6 is 0 Å². The van der Waals surface area contributed by atoms with E-state index >= 15 is 0 Å². The molecule has 10 aromatic rings. The Kier molecular flexibility index (Phi) is 14.7. The van der Waals surface area contributed by atoms with Crippen molar-refractivity contribution in [3.05, 3.63) is 428 Å². The van der Waals surface area contributed by atoms with Crippen molar-refractivity contribution in [1.82, 2.24) is 9.97 Å². The van der Waals surface area contributed by atoms with E-state index in [1.165, 1.54) is 0 Å². The lowest BCUT2D eigenvalue weighted by molar-refractivity contribution is 0.625. The Bertz CT molecular complexity index is 5050. The molecule has 0 radical (unpaired) electrons. The maximum atomic E-state index is 5.77. The van der Waals surface area contributed by atoms with E-state index in [9.17, 15) is 0 Å². The number of H-pyrrole nitrogens is 2. The van der Waals surface area contributed by atoms with Crippen molar-refractivity contribution in [2.75, 3.05) is 0 Å². The topological polar surface area (TPSA) is 106 Å². The Labute approximate surface area is 567 Å². The first-order valence-corrected chi connectivity index (χ1v) is 33.6. The summed E-state index contributed by atoms with van der Waals surface area (Å²) in [5.41, 5.74) is 27.2. The molecule has 0 saturated carbocycles. The maximum absolute atomic E-state index is 5.77. The molecule has 16 bridgehead atoms. The Morgan fingerprint density at radius 1 is 0.224 bits per heavy atom.